The SMILES string of the molecule is Cc1nn(Cc2ccc(Br)cc2)c(C)c1N1C(=O)[C@@H]2[C@H](C1=O)[C@@H]1C=C[C@H]2C1. The van der Waals surface area contributed by atoms with Crippen LogP contribution in [-0.4, -0.2) is 21.6 Å². The first-order valence-electron chi connectivity index (χ1n) is 9.30. The van der Waals surface area contributed by atoms with Crippen LogP contribution in [0, 0.1) is 37.5 Å². The number of benzene rings is 1. The Labute approximate surface area is 166 Å². The summed E-state index contributed by atoms with van der Waals surface area (Å²) < 4.78 is 2.92. The van der Waals surface area contributed by atoms with Gasteiger partial charge in [0, 0.05) is 4.47 Å². The number of amides is 2. The Bertz CT molecular complexity index is 962. The molecular weight excluding hydrogens is 406 g/mol. The molecule has 2 heterocycles. The van der Waals surface area contributed by atoms with E-state index in [-0.39, 0.29) is 35.5 Å². The molecule has 3 aliphatic rings. The summed E-state index contributed by atoms with van der Waals surface area (Å²) in [5.74, 6) is -0.00512. The number of aromatic nitrogens is 2. The van der Waals surface area contributed by atoms with Gasteiger partial charge >= 0.3 is 0 Å². The number of rotatable bonds is 3. The van der Waals surface area contributed by atoms with Crippen molar-refractivity contribution in [2.75, 3.05) is 4.90 Å². The summed E-state index contributed by atoms with van der Waals surface area (Å²) in [6, 6.07) is 8.08. The third-order valence-electron chi connectivity index (χ3n) is 6.28. The Morgan fingerprint density at radius 1 is 1.04 bits per heavy atom. The molecule has 2 aliphatic carbocycles. The molecule has 138 valence electrons. The number of allylic oxidation sites excluding steroid dienone is 2. The van der Waals surface area contributed by atoms with Gasteiger partial charge in [0.15, 0.2) is 0 Å². The van der Waals surface area contributed by atoms with Gasteiger partial charge < -0.3 is 0 Å². The van der Waals surface area contributed by atoms with Gasteiger partial charge in [-0.15, -0.1) is 0 Å². The van der Waals surface area contributed by atoms with Gasteiger partial charge in [-0.3, -0.25) is 14.3 Å². The maximum atomic E-state index is 13.1. The molecule has 2 fully saturated rings. The first-order chi connectivity index (χ1) is 13.0. The number of aryl methyl sites for hydroxylation is 1. The van der Waals surface area contributed by atoms with Gasteiger partial charge in [0.25, 0.3) is 0 Å². The minimum absolute atomic E-state index is 0.0451. The van der Waals surface area contributed by atoms with Crippen LogP contribution in [0.4, 0.5) is 5.69 Å². The van der Waals surface area contributed by atoms with Crippen LogP contribution in [-0.2, 0) is 16.1 Å². The third-order valence-corrected chi connectivity index (χ3v) is 6.81. The highest BCUT2D eigenvalue weighted by Crippen LogP contribution is 2.53. The molecule has 0 spiro atoms. The second-order valence-electron chi connectivity index (χ2n) is 7.82. The number of carbonyl (C=O) groups excluding carboxylic acids is 2. The van der Waals surface area contributed by atoms with E-state index in [4.69, 9.17) is 0 Å². The van der Waals surface area contributed by atoms with Crippen molar-refractivity contribution in [3.8, 4) is 0 Å². The lowest BCUT2D eigenvalue weighted by atomic mass is 9.85. The molecular formula is C21H20BrN3O2. The minimum atomic E-state index is -0.180. The second-order valence-corrected chi connectivity index (χ2v) is 8.73. The predicted molar refractivity (Wildman–Crippen MR) is 105 cm³/mol. The van der Waals surface area contributed by atoms with Crippen molar-refractivity contribution in [2.24, 2.45) is 23.7 Å². The van der Waals surface area contributed by atoms with Gasteiger partial charge in [-0.25, -0.2) is 4.90 Å². The van der Waals surface area contributed by atoms with Crippen LogP contribution < -0.4 is 4.90 Å². The normalized spacial score (nSPS) is 28.5. The molecule has 2 bridgehead atoms. The summed E-state index contributed by atoms with van der Waals surface area (Å²) >= 11 is 3.45. The lowest BCUT2D eigenvalue weighted by Gasteiger charge is -2.18. The summed E-state index contributed by atoms with van der Waals surface area (Å²) in [7, 11) is 0. The molecule has 5 nitrogen and oxygen atoms in total. The topological polar surface area (TPSA) is 55.2 Å². The summed E-state index contributed by atoms with van der Waals surface area (Å²) in [4.78, 5) is 27.7. The quantitative estimate of drug-likeness (QED) is 0.557. The number of carbonyl (C=O) groups is 2. The molecule has 0 unspecified atom stereocenters. The average Bonchev–Trinajstić information content (AvgIpc) is 3.37. The van der Waals surface area contributed by atoms with Crippen LogP contribution in [0.3, 0.4) is 0 Å². The van der Waals surface area contributed by atoms with Crippen molar-refractivity contribution in [2.45, 2.75) is 26.8 Å². The Morgan fingerprint density at radius 2 is 1.63 bits per heavy atom. The number of halogens is 1. The standard InChI is InChI=1S/C21H20BrN3O2/c1-11-19(12(2)24(23-11)10-13-3-7-16(22)8-4-13)25-20(26)17-14-5-6-15(9-14)18(17)21(25)27/h3-8,14-15,17-18H,9-10H2,1-2H3/t14-,15+,17-,18+. The van der Waals surface area contributed by atoms with Crippen LogP contribution in [0.15, 0.2) is 40.9 Å². The molecule has 2 aromatic rings. The van der Waals surface area contributed by atoms with Crippen molar-refractivity contribution in [3.05, 3.63) is 57.8 Å². The zero-order valence-corrected chi connectivity index (χ0v) is 16.8. The molecule has 27 heavy (non-hydrogen) atoms. The van der Waals surface area contributed by atoms with E-state index in [1.54, 1.807) is 0 Å². The van der Waals surface area contributed by atoms with Gasteiger partial charge in [0.2, 0.25) is 11.8 Å². The fraction of sp³-hybridized carbons (Fsp3) is 0.381. The highest BCUT2D eigenvalue weighted by Gasteiger charge is 2.60. The van der Waals surface area contributed by atoms with E-state index >= 15 is 0 Å². The van der Waals surface area contributed by atoms with Crippen LogP contribution >= 0.6 is 15.9 Å². The van der Waals surface area contributed by atoms with E-state index in [1.165, 1.54) is 4.90 Å². The van der Waals surface area contributed by atoms with Gasteiger partial charge in [-0.05, 0) is 49.8 Å². The molecule has 1 aliphatic heterocycles. The zero-order valence-electron chi connectivity index (χ0n) is 15.2. The molecule has 1 saturated heterocycles. The van der Waals surface area contributed by atoms with E-state index in [0.717, 1.165) is 27.8 Å². The van der Waals surface area contributed by atoms with Crippen LogP contribution in [0.25, 0.3) is 0 Å². The van der Waals surface area contributed by atoms with Crippen molar-refractivity contribution < 1.29 is 9.59 Å². The van der Waals surface area contributed by atoms with Gasteiger partial charge in [0.1, 0.15) is 0 Å². The fourth-order valence-corrected chi connectivity index (χ4v) is 5.31. The van der Waals surface area contributed by atoms with Crippen LogP contribution in [0.5, 0.6) is 0 Å². The molecule has 5 rings (SSSR count). The first-order valence-corrected chi connectivity index (χ1v) is 10.1. The largest absolute Gasteiger partial charge is 0.274 e. The predicted octanol–water partition coefficient (Wildman–Crippen LogP) is 3.62. The zero-order chi connectivity index (χ0) is 18.9. The molecule has 0 N–H and O–H groups in total. The lowest BCUT2D eigenvalue weighted by Crippen LogP contribution is -2.33. The van der Waals surface area contributed by atoms with Gasteiger partial charge in [-0.2, -0.15) is 5.10 Å². The number of hydrogen-bond acceptors (Lipinski definition) is 3. The lowest BCUT2D eigenvalue weighted by molar-refractivity contribution is -0.123. The molecule has 4 atom stereocenters. The first kappa shape index (κ1) is 16.9. The number of fused-ring (bicyclic) bond motifs is 5. The number of nitrogens with zero attached hydrogens (tertiary/aromatic N) is 3. The Balaban J connectivity index is 1.49. The molecule has 1 saturated carbocycles. The highest BCUT2D eigenvalue weighted by molar-refractivity contribution is 9.10. The van der Waals surface area contributed by atoms with E-state index in [2.05, 4.69) is 33.2 Å². The number of hydrogen-bond donors (Lipinski definition) is 0. The average molecular weight is 426 g/mol. The number of anilines is 1. The molecule has 0 radical (unpaired) electrons. The summed E-state index contributed by atoms with van der Waals surface area (Å²) in [5.41, 5.74) is 3.38. The van der Waals surface area contributed by atoms with E-state index in [9.17, 15) is 9.59 Å². The maximum absolute atomic E-state index is 13.1. The monoisotopic (exact) mass is 425 g/mol. The summed E-state index contributed by atoms with van der Waals surface area (Å²) in [6.45, 7) is 4.42. The smallest absolute Gasteiger partial charge is 0.238 e. The fourth-order valence-electron chi connectivity index (χ4n) is 5.05. The van der Waals surface area contributed by atoms with Crippen molar-refractivity contribution >= 4 is 33.4 Å². The van der Waals surface area contributed by atoms with Gasteiger partial charge in [0.05, 0.1) is 35.5 Å². The third kappa shape index (κ3) is 2.39. The van der Waals surface area contributed by atoms with E-state index in [1.807, 2.05) is 42.8 Å². The van der Waals surface area contributed by atoms with Crippen molar-refractivity contribution in [3.63, 3.8) is 0 Å². The molecule has 1 aromatic carbocycles. The van der Waals surface area contributed by atoms with Crippen molar-refractivity contribution in [1.29, 1.82) is 0 Å². The summed E-state index contributed by atoms with van der Waals surface area (Å²) in [6.07, 6.45) is 5.19. The Hall–Kier alpha value is -2.21. The second kappa shape index (κ2) is 5.89. The van der Waals surface area contributed by atoms with Gasteiger partial charge in [-0.1, -0.05) is 40.2 Å². The minimum Gasteiger partial charge on any atom is -0.274 e. The number of imide groups is 1. The maximum Gasteiger partial charge on any atom is 0.238 e. The molecule has 2 amide bonds. The Kier molecular flexibility index (Phi) is 3.69. The van der Waals surface area contributed by atoms with Crippen LogP contribution in [0.2, 0.25) is 0 Å². The van der Waals surface area contributed by atoms with E-state index in [0.29, 0.717) is 12.2 Å². The highest BCUT2D eigenvalue weighted by atomic mass is 79.9. The van der Waals surface area contributed by atoms with Crippen LogP contribution in [0.1, 0.15) is 23.4 Å². The molecule has 1 aromatic heterocycles. The summed E-state index contributed by atoms with van der Waals surface area (Å²) in [5, 5.41) is 4.63. The van der Waals surface area contributed by atoms with Crippen molar-refractivity contribution in [1.82, 2.24) is 9.78 Å². The van der Waals surface area contributed by atoms with E-state index < -0.39 is 0 Å². The molecule has 6 heteroatoms. The Morgan fingerprint density at radius 3 is 2.22 bits per heavy atom.